The summed E-state index contributed by atoms with van der Waals surface area (Å²) in [4.78, 5) is 60.5. The first kappa shape index (κ1) is 36.9. The monoisotopic (exact) mass is 841 g/mol. The average molecular weight is 844 g/mol. The number of amides is 4. The summed E-state index contributed by atoms with van der Waals surface area (Å²) in [7, 11) is 2.96. The number of hydrazine groups is 1. The molecule has 2 aliphatic heterocycles. The Hall–Kier alpha value is -5.10. The summed E-state index contributed by atoms with van der Waals surface area (Å²) in [5.74, 6) is -5.20. The lowest BCUT2D eigenvalue weighted by molar-refractivity contribution is -0.138. The third-order valence-electron chi connectivity index (χ3n) is 11.6. The van der Waals surface area contributed by atoms with Crippen LogP contribution in [0.3, 0.4) is 0 Å². The molecular formula is C42H34BrCl2N3O7. The summed E-state index contributed by atoms with van der Waals surface area (Å²) >= 11 is 16.2. The van der Waals surface area contributed by atoms with Crippen molar-refractivity contribution < 1.29 is 33.8 Å². The quantitative estimate of drug-likeness (QED) is 0.134. The first-order chi connectivity index (χ1) is 26.4. The van der Waals surface area contributed by atoms with Crippen molar-refractivity contribution in [1.29, 1.82) is 0 Å². The molecule has 0 bridgehead atoms. The second kappa shape index (κ2) is 13.9. The lowest BCUT2D eigenvalue weighted by atomic mass is 9.49. The zero-order chi connectivity index (χ0) is 38.9. The summed E-state index contributed by atoms with van der Waals surface area (Å²) in [6, 6.07) is 22.1. The Morgan fingerprint density at radius 3 is 2.29 bits per heavy atom. The Morgan fingerprint density at radius 1 is 0.909 bits per heavy atom. The number of phenolic OH excluding ortho intramolecular Hbond substituents is 1. The number of fused-ring (bicyclic) bond motifs is 4. The Balaban J connectivity index is 1.34. The van der Waals surface area contributed by atoms with Crippen LogP contribution in [0.15, 0.2) is 102 Å². The first-order valence-electron chi connectivity index (χ1n) is 17.6. The third-order valence-corrected chi connectivity index (χ3v) is 12.7. The Kier molecular flexibility index (Phi) is 9.30. The zero-order valence-electron chi connectivity index (χ0n) is 29.6. The minimum Gasteiger partial charge on any atom is -0.503 e. The number of carbonyl (C=O) groups excluding carboxylic acids is 4. The fourth-order valence-electron chi connectivity index (χ4n) is 9.15. The number of methoxy groups -OCH3 is 2. The highest BCUT2D eigenvalue weighted by Gasteiger charge is 2.70. The molecule has 55 heavy (non-hydrogen) atoms. The van der Waals surface area contributed by atoms with Crippen molar-refractivity contribution in [2.45, 2.75) is 24.2 Å². The van der Waals surface area contributed by atoms with Crippen LogP contribution in [-0.4, -0.2) is 48.0 Å². The molecule has 1 saturated carbocycles. The fraction of sp³-hybridized carbons (Fsp3) is 0.238. The van der Waals surface area contributed by atoms with E-state index >= 15 is 4.79 Å². The van der Waals surface area contributed by atoms with E-state index in [9.17, 15) is 19.5 Å². The highest BCUT2D eigenvalue weighted by molar-refractivity contribution is 9.10. The largest absolute Gasteiger partial charge is 0.503 e. The maximum absolute atomic E-state index is 15.5. The molecule has 4 aromatic carbocycles. The minimum absolute atomic E-state index is 0.0886. The van der Waals surface area contributed by atoms with Gasteiger partial charge in [-0.05, 0) is 106 Å². The second-order valence-corrected chi connectivity index (χ2v) is 15.8. The molecule has 4 aromatic rings. The summed E-state index contributed by atoms with van der Waals surface area (Å²) in [5.41, 5.74) is 4.82. The average Bonchev–Trinajstić information content (AvgIpc) is 3.57. The lowest BCUT2D eigenvalue weighted by Crippen LogP contribution is -2.53. The molecule has 6 atom stereocenters. The van der Waals surface area contributed by atoms with Crippen molar-refractivity contribution in [3.63, 3.8) is 0 Å². The van der Waals surface area contributed by atoms with Gasteiger partial charge in [0.1, 0.15) is 5.75 Å². The molecule has 8 rings (SSSR count). The van der Waals surface area contributed by atoms with Crippen LogP contribution in [0.4, 0.5) is 11.4 Å². The lowest BCUT2D eigenvalue weighted by Gasteiger charge is -2.50. The number of rotatable bonds is 8. The molecule has 2 N–H and O–H groups in total. The smallest absolute Gasteiger partial charge is 0.260 e. The van der Waals surface area contributed by atoms with E-state index in [0.717, 1.165) is 16.1 Å². The van der Waals surface area contributed by atoms with Gasteiger partial charge in [-0.15, -0.1) is 0 Å². The number of nitrogens with one attached hydrogen (secondary N) is 1. The van der Waals surface area contributed by atoms with E-state index in [1.165, 1.54) is 25.2 Å². The van der Waals surface area contributed by atoms with Gasteiger partial charge in [-0.25, -0.2) is 0 Å². The van der Waals surface area contributed by atoms with Crippen LogP contribution >= 0.6 is 39.1 Å². The number of imide groups is 2. The normalized spacial score (nSPS) is 25.6. The van der Waals surface area contributed by atoms with Crippen LogP contribution in [0.5, 0.6) is 17.2 Å². The number of phenols is 1. The minimum atomic E-state index is -1.59. The third kappa shape index (κ3) is 5.58. The van der Waals surface area contributed by atoms with Gasteiger partial charge in [-0.3, -0.25) is 29.5 Å². The topological polar surface area (TPSA) is 125 Å². The van der Waals surface area contributed by atoms with Gasteiger partial charge in [-0.2, -0.15) is 5.01 Å². The molecule has 4 aliphatic rings. The summed E-state index contributed by atoms with van der Waals surface area (Å²) in [5, 5.41) is 12.5. The maximum atomic E-state index is 15.5. The molecule has 2 saturated heterocycles. The van der Waals surface area contributed by atoms with Gasteiger partial charge in [0.2, 0.25) is 11.8 Å². The molecule has 2 heterocycles. The van der Waals surface area contributed by atoms with Crippen molar-refractivity contribution in [2.75, 3.05) is 24.5 Å². The molecule has 0 aromatic heterocycles. The van der Waals surface area contributed by atoms with Gasteiger partial charge in [0.25, 0.3) is 11.8 Å². The molecule has 4 amide bonds. The van der Waals surface area contributed by atoms with E-state index < -0.39 is 46.8 Å². The van der Waals surface area contributed by atoms with Crippen molar-refractivity contribution >= 4 is 80.2 Å². The number of carbonyl (C=O) groups is 4. The van der Waals surface area contributed by atoms with E-state index in [2.05, 4.69) is 27.9 Å². The predicted molar refractivity (Wildman–Crippen MR) is 212 cm³/mol. The van der Waals surface area contributed by atoms with Gasteiger partial charge in [0.15, 0.2) is 11.5 Å². The van der Waals surface area contributed by atoms with Gasteiger partial charge in [-0.1, -0.05) is 71.8 Å². The fourth-order valence-corrected chi connectivity index (χ4v) is 10.1. The molecule has 2 aliphatic carbocycles. The van der Waals surface area contributed by atoms with Crippen LogP contribution in [0.25, 0.3) is 6.08 Å². The van der Waals surface area contributed by atoms with Crippen LogP contribution < -0.4 is 19.8 Å². The standard InChI is InChI=1S/C42H34BrCl2N3O7/c1-4-21-5-10-25(11-6-21)47-38(50)28-15-14-27-29(35(28)40(47)52)20-30-39(51)48(46-33-16-9-24(44)19-32(33)45)41(53)42(30,23-7-12-26(54-2)13-8-23)36(27)22-17-31(43)37(49)34(18-22)55-3/h4-14,16-19,28-30,35-36,46,49H,1,15,20H2,2-3H3/t28-,29+,30-,35-,36-,42+/m0/s1. The molecule has 0 unspecified atom stereocenters. The van der Waals surface area contributed by atoms with Crippen LogP contribution in [0, 0.1) is 23.7 Å². The number of anilines is 2. The highest BCUT2D eigenvalue weighted by Crippen LogP contribution is 2.65. The van der Waals surface area contributed by atoms with Crippen LogP contribution in [0.2, 0.25) is 10.0 Å². The number of ether oxygens (including phenoxy) is 2. The van der Waals surface area contributed by atoms with Crippen LogP contribution in [-0.2, 0) is 24.6 Å². The molecule has 0 spiro atoms. The molecule has 280 valence electrons. The number of allylic oxidation sites excluding steroid dienone is 2. The molecule has 0 radical (unpaired) electrons. The summed E-state index contributed by atoms with van der Waals surface area (Å²) in [6.07, 6.45) is 3.97. The molecular weight excluding hydrogens is 809 g/mol. The second-order valence-electron chi connectivity index (χ2n) is 14.1. The van der Waals surface area contributed by atoms with Crippen molar-refractivity contribution in [1.82, 2.24) is 5.01 Å². The first-order valence-corrected chi connectivity index (χ1v) is 19.1. The van der Waals surface area contributed by atoms with Gasteiger partial charge in [0.05, 0.1) is 58.3 Å². The molecule has 3 fully saturated rings. The van der Waals surface area contributed by atoms with E-state index in [4.69, 9.17) is 32.7 Å². The SMILES string of the molecule is C=Cc1ccc(N2C(=O)[C@H]3[C@H](CC=C4[C@H]3C[C@H]3C(=O)N(Nc5ccc(Cl)cc5Cl)C(=O)[C@@]3(c3ccc(OC)cc3)[C@H]4c3cc(Br)c(O)c(OC)c3)C2=O)cc1. The Bertz CT molecular complexity index is 2330. The molecule has 10 nitrogen and oxygen atoms in total. The van der Waals surface area contributed by atoms with Crippen molar-refractivity contribution in [3.8, 4) is 17.2 Å². The number of hydrogen-bond acceptors (Lipinski definition) is 8. The van der Waals surface area contributed by atoms with E-state index in [1.54, 1.807) is 78.9 Å². The van der Waals surface area contributed by atoms with E-state index in [1.807, 2.05) is 6.08 Å². The molecule has 13 heteroatoms. The zero-order valence-corrected chi connectivity index (χ0v) is 32.7. The summed E-state index contributed by atoms with van der Waals surface area (Å²) in [6.45, 7) is 3.80. The number of hydrogen-bond donors (Lipinski definition) is 2. The number of benzene rings is 4. The van der Waals surface area contributed by atoms with Gasteiger partial charge >= 0.3 is 0 Å². The van der Waals surface area contributed by atoms with Crippen molar-refractivity contribution in [2.24, 2.45) is 23.7 Å². The van der Waals surface area contributed by atoms with E-state index in [0.29, 0.717) is 32.1 Å². The highest BCUT2D eigenvalue weighted by atomic mass is 79.9. The Labute approximate surface area is 335 Å². The van der Waals surface area contributed by atoms with Crippen molar-refractivity contribution in [3.05, 3.63) is 128 Å². The maximum Gasteiger partial charge on any atom is 0.260 e. The van der Waals surface area contributed by atoms with Gasteiger partial charge in [0, 0.05) is 10.9 Å². The van der Waals surface area contributed by atoms with Crippen LogP contribution in [0.1, 0.15) is 35.4 Å². The number of aromatic hydroxyl groups is 1. The van der Waals surface area contributed by atoms with Gasteiger partial charge < -0.3 is 14.6 Å². The number of nitrogens with zero attached hydrogens (tertiary/aromatic N) is 2. The predicted octanol–water partition coefficient (Wildman–Crippen LogP) is 8.31. The number of halogens is 3. The summed E-state index contributed by atoms with van der Waals surface area (Å²) < 4.78 is 11.4. The Morgan fingerprint density at radius 2 is 1.64 bits per heavy atom. The van der Waals surface area contributed by atoms with E-state index in [-0.39, 0.29) is 46.9 Å².